The summed E-state index contributed by atoms with van der Waals surface area (Å²) in [6, 6.07) is 1.89. The highest BCUT2D eigenvalue weighted by atomic mass is 14.9. The van der Waals surface area contributed by atoms with E-state index < -0.39 is 0 Å². The molecular weight excluding hydrogens is 196 g/mol. The minimum Gasteiger partial charge on any atom is -0.241 e. The van der Waals surface area contributed by atoms with Gasteiger partial charge in [0.15, 0.2) is 0 Å². The number of unbranched alkanes of at least 4 members (excludes halogenated alkanes) is 2. The van der Waals surface area contributed by atoms with Crippen molar-refractivity contribution in [3.8, 4) is 0 Å². The van der Waals surface area contributed by atoms with Crippen LogP contribution in [0.2, 0.25) is 0 Å². The second-order valence-corrected chi connectivity index (χ2v) is 4.84. The summed E-state index contributed by atoms with van der Waals surface area (Å²) in [5, 5.41) is 0. The largest absolute Gasteiger partial charge is 0.241 e. The van der Waals surface area contributed by atoms with Crippen molar-refractivity contribution in [3.05, 3.63) is 24.3 Å². The first-order valence-electron chi connectivity index (χ1n) is 6.50. The van der Waals surface area contributed by atoms with Crippen molar-refractivity contribution in [2.45, 2.75) is 64.7 Å². The van der Waals surface area contributed by atoms with Crippen LogP contribution < -0.4 is 0 Å². The Morgan fingerprint density at radius 2 is 1.69 bits per heavy atom. The zero-order valence-electron chi connectivity index (χ0n) is 10.9. The van der Waals surface area contributed by atoms with E-state index in [2.05, 4.69) is 30.7 Å². The topological polar surface area (TPSA) is 25.8 Å². The van der Waals surface area contributed by atoms with Gasteiger partial charge in [0.2, 0.25) is 0 Å². The Bertz CT molecular complexity index is 284. The minimum atomic E-state index is 0.172. The molecule has 1 unspecified atom stereocenters. The van der Waals surface area contributed by atoms with Gasteiger partial charge in [-0.2, -0.15) is 0 Å². The number of hydrogen-bond donors (Lipinski definition) is 0. The van der Waals surface area contributed by atoms with Gasteiger partial charge in [-0.3, -0.25) is 0 Å². The van der Waals surface area contributed by atoms with Crippen molar-refractivity contribution in [1.29, 1.82) is 0 Å². The smallest absolute Gasteiger partial charge is 0.134 e. The van der Waals surface area contributed by atoms with Gasteiger partial charge >= 0.3 is 0 Å². The predicted octanol–water partition coefficient (Wildman–Crippen LogP) is 4.11. The van der Waals surface area contributed by atoms with E-state index in [1.807, 2.05) is 18.5 Å². The van der Waals surface area contributed by atoms with Crippen molar-refractivity contribution in [2.24, 2.45) is 0 Å². The Labute approximate surface area is 99.5 Å². The summed E-state index contributed by atoms with van der Waals surface area (Å²) in [6.07, 6.45) is 11.2. The number of aromatic nitrogens is 2. The molecule has 0 spiro atoms. The molecule has 0 amide bonds. The molecule has 0 bridgehead atoms. The van der Waals surface area contributed by atoms with Crippen molar-refractivity contribution in [3.63, 3.8) is 0 Å². The van der Waals surface area contributed by atoms with Crippen molar-refractivity contribution >= 4 is 0 Å². The second-order valence-electron chi connectivity index (χ2n) is 4.84. The molecule has 1 aromatic rings. The molecule has 2 heteroatoms. The average molecular weight is 220 g/mol. The lowest BCUT2D eigenvalue weighted by molar-refractivity contribution is 0.358. The molecule has 1 rings (SSSR count). The lowest BCUT2D eigenvalue weighted by atomic mass is 9.79. The first kappa shape index (κ1) is 13.1. The van der Waals surface area contributed by atoms with Crippen molar-refractivity contribution in [1.82, 2.24) is 9.97 Å². The SMILES string of the molecule is CCCCCC(C)(CCC)c1ncccn1. The highest BCUT2D eigenvalue weighted by molar-refractivity contribution is 5.05. The first-order valence-corrected chi connectivity index (χ1v) is 6.50. The summed E-state index contributed by atoms with van der Waals surface area (Å²) >= 11 is 0. The van der Waals surface area contributed by atoms with E-state index >= 15 is 0 Å². The molecule has 0 aliphatic carbocycles. The molecule has 2 nitrogen and oxygen atoms in total. The minimum absolute atomic E-state index is 0.172. The second kappa shape index (κ2) is 6.62. The predicted molar refractivity (Wildman–Crippen MR) is 68.4 cm³/mol. The molecule has 0 aromatic carbocycles. The third kappa shape index (κ3) is 3.58. The third-order valence-electron chi connectivity index (χ3n) is 3.24. The van der Waals surface area contributed by atoms with Gasteiger partial charge in [0, 0.05) is 17.8 Å². The summed E-state index contributed by atoms with van der Waals surface area (Å²) in [4.78, 5) is 8.87. The molecule has 90 valence electrons. The normalized spacial score (nSPS) is 14.7. The zero-order chi connectivity index (χ0) is 11.9. The quantitative estimate of drug-likeness (QED) is 0.646. The van der Waals surface area contributed by atoms with Crippen LogP contribution in [0, 0.1) is 0 Å². The van der Waals surface area contributed by atoms with Gasteiger partial charge in [-0.1, -0.05) is 46.5 Å². The van der Waals surface area contributed by atoms with Gasteiger partial charge in [-0.15, -0.1) is 0 Å². The third-order valence-corrected chi connectivity index (χ3v) is 3.24. The highest BCUT2D eigenvalue weighted by Gasteiger charge is 2.27. The van der Waals surface area contributed by atoms with Gasteiger partial charge < -0.3 is 0 Å². The molecule has 0 aliphatic rings. The van der Waals surface area contributed by atoms with E-state index in [0.717, 1.165) is 5.82 Å². The van der Waals surface area contributed by atoms with Gasteiger partial charge in [-0.25, -0.2) is 9.97 Å². The van der Waals surface area contributed by atoms with Crippen LogP contribution in [0.15, 0.2) is 18.5 Å². The van der Waals surface area contributed by atoms with E-state index in [1.54, 1.807) is 0 Å². The molecular formula is C14H24N2. The fourth-order valence-corrected chi connectivity index (χ4v) is 2.28. The van der Waals surface area contributed by atoms with Crippen LogP contribution in [-0.2, 0) is 5.41 Å². The van der Waals surface area contributed by atoms with Gasteiger partial charge in [-0.05, 0) is 18.9 Å². The molecule has 16 heavy (non-hydrogen) atoms. The van der Waals surface area contributed by atoms with E-state index in [9.17, 15) is 0 Å². The van der Waals surface area contributed by atoms with Gasteiger partial charge in [0.05, 0.1) is 0 Å². The van der Waals surface area contributed by atoms with E-state index in [1.165, 1.54) is 38.5 Å². The summed E-state index contributed by atoms with van der Waals surface area (Å²) in [5.74, 6) is 1.02. The van der Waals surface area contributed by atoms with Crippen molar-refractivity contribution in [2.75, 3.05) is 0 Å². The summed E-state index contributed by atoms with van der Waals surface area (Å²) < 4.78 is 0. The Morgan fingerprint density at radius 3 is 2.25 bits per heavy atom. The molecule has 0 aliphatic heterocycles. The van der Waals surface area contributed by atoms with Crippen LogP contribution in [0.1, 0.15) is 65.1 Å². The van der Waals surface area contributed by atoms with Crippen LogP contribution in [0.5, 0.6) is 0 Å². The average Bonchev–Trinajstić information content (AvgIpc) is 2.31. The molecule has 1 atom stereocenters. The summed E-state index contributed by atoms with van der Waals surface area (Å²) in [7, 11) is 0. The Kier molecular flexibility index (Phi) is 5.44. The molecule has 0 saturated carbocycles. The van der Waals surface area contributed by atoms with E-state index in [4.69, 9.17) is 0 Å². The Balaban J connectivity index is 2.71. The number of rotatable bonds is 7. The molecule has 0 radical (unpaired) electrons. The zero-order valence-corrected chi connectivity index (χ0v) is 10.9. The van der Waals surface area contributed by atoms with Crippen LogP contribution in [-0.4, -0.2) is 9.97 Å². The Hall–Kier alpha value is -0.920. The summed E-state index contributed by atoms with van der Waals surface area (Å²) in [6.45, 7) is 6.79. The fraction of sp³-hybridized carbons (Fsp3) is 0.714. The van der Waals surface area contributed by atoms with Crippen LogP contribution in [0.4, 0.5) is 0 Å². The molecule has 0 fully saturated rings. The Morgan fingerprint density at radius 1 is 1.00 bits per heavy atom. The van der Waals surface area contributed by atoms with Gasteiger partial charge in [0.1, 0.15) is 5.82 Å². The molecule has 0 N–H and O–H groups in total. The maximum Gasteiger partial charge on any atom is 0.134 e. The number of hydrogen-bond acceptors (Lipinski definition) is 2. The van der Waals surface area contributed by atoms with Crippen molar-refractivity contribution < 1.29 is 0 Å². The molecule has 1 heterocycles. The first-order chi connectivity index (χ1) is 7.73. The maximum atomic E-state index is 4.44. The van der Waals surface area contributed by atoms with Crippen LogP contribution >= 0.6 is 0 Å². The van der Waals surface area contributed by atoms with Crippen LogP contribution in [0.25, 0.3) is 0 Å². The lowest BCUT2D eigenvalue weighted by Crippen LogP contribution is -2.24. The van der Waals surface area contributed by atoms with E-state index in [0.29, 0.717) is 0 Å². The standard InChI is InChI=1S/C14H24N2/c1-4-6-7-10-14(3,9-5-2)13-15-11-8-12-16-13/h8,11-12H,4-7,9-10H2,1-3H3. The van der Waals surface area contributed by atoms with E-state index in [-0.39, 0.29) is 5.41 Å². The monoisotopic (exact) mass is 220 g/mol. The summed E-state index contributed by atoms with van der Waals surface area (Å²) in [5.41, 5.74) is 0.172. The molecule has 0 saturated heterocycles. The fourth-order valence-electron chi connectivity index (χ4n) is 2.28. The van der Waals surface area contributed by atoms with Crippen LogP contribution in [0.3, 0.4) is 0 Å². The lowest BCUT2D eigenvalue weighted by Gasteiger charge is -2.27. The highest BCUT2D eigenvalue weighted by Crippen LogP contribution is 2.31. The maximum absolute atomic E-state index is 4.44. The number of nitrogens with zero attached hydrogens (tertiary/aromatic N) is 2. The molecule has 1 aromatic heterocycles. The van der Waals surface area contributed by atoms with Gasteiger partial charge in [0.25, 0.3) is 0 Å².